The van der Waals surface area contributed by atoms with E-state index < -0.39 is 17.2 Å². The zero-order chi connectivity index (χ0) is 18.8. The molecule has 0 atom stereocenters. The molecule has 0 aliphatic carbocycles. The molecule has 2 N–H and O–H groups in total. The Morgan fingerprint density at radius 1 is 1.12 bits per heavy atom. The second kappa shape index (κ2) is 7.29. The predicted molar refractivity (Wildman–Crippen MR) is 98.2 cm³/mol. The molecule has 1 saturated heterocycles. The standard InChI is InChI=1S/C19H23N3O4/c1-12-6-7-14(10-13(12)2)22-17(23)15(11-21-8-4-3-5-9-21)16(18(24)25)20-19(22)26/h6-7,10H,3-5,8-9,11H2,1-2H3,(H,20,26)(H,24,25). The lowest BCUT2D eigenvalue weighted by Crippen LogP contribution is -2.41. The second-order valence-corrected chi connectivity index (χ2v) is 6.83. The van der Waals surface area contributed by atoms with E-state index in [1.807, 2.05) is 19.9 Å². The van der Waals surface area contributed by atoms with Crippen molar-refractivity contribution in [1.29, 1.82) is 0 Å². The summed E-state index contributed by atoms with van der Waals surface area (Å²) in [6.07, 6.45) is 3.19. The van der Waals surface area contributed by atoms with Crippen molar-refractivity contribution < 1.29 is 9.90 Å². The molecule has 1 aliphatic heterocycles. The molecule has 138 valence electrons. The molecule has 1 aromatic carbocycles. The van der Waals surface area contributed by atoms with Gasteiger partial charge in [0.25, 0.3) is 5.56 Å². The maximum atomic E-state index is 13.0. The number of hydrogen-bond donors (Lipinski definition) is 2. The van der Waals surface area contributed by atoms with Crippen LogP contribution in [0.15, 0.2) is 27.8 Å². The average Bonchev–Trinajstić information content (AvgIpc) is 2.61. The number of aromatic carboxylic acids is 1. The van der Waals surface area contributed by atoms with E-state index >= 15 is 0 Å². The Bertz CT molecular complexity index is 952. The number of carboxylic acids is 1. The van der Waals surface area contributed by atoms with Gasteiger partial charge in [0.05, 0.1) is 11.3 Å². The van der Waals surface area contributed by atoms with Gasteiger partial charge in [-0.05, 0) is 63.0 Å². The Kier molecular flexibility index (Phi) is 5.08. The first-order valence-corrected chi connectivity index (χ1v) is 8.80. The van der Waals surface area contributed by atoms with Crippen molar-refractivity contribution in [1.82, 2.24) is 14.5 Å². The molecule has 2 heterocycles. The summed E-state index contributed by atoms with van der Waals surface area (Å²) in [6, 6.07) is 5.30. The molecule has 7 heteroatoms. The number of aromatic amines is 1. The molecule has 1 aromatic heterocycles. The minimum atomic E-state index is -1.29. The summed E-state index contributed by atoms with van der Waals surface area (Å²) in [7, 11) is 0. The van der Waals surface area contributed by atoms with E-state index in [4.69, 9.17) is 0 Å². The third-order valence-corrected chi connectivity index (χ3v) is 4.99. The van der Waals surface area contributed by atoms with Crippen LogP contribution >= 0.6 is 0 Å². The first kappa shape index (κ1) is 18.1. The normalized spacial score (nSPS) is 15.2. The van der Waals surface area contributed by atoms with Gasteiger partial charge in [0, 0.05) is 6.54 Å². The summed E-state index contributed by atoms with van der Waals surface area (Å²) in [4.78, 5) is 41.5. The van der Waals surface area contributed by atoms with Crippen molar-refractivity contribution in [3.63, 3.8) is 0 Å². The fraction of sp³-hybridized carbons (Fsp3) is 0.421. The van der Waals surface area contributed by atoms with Gasteiger partial charge in [0.15, 0.2) is 0 Å². The quantitative estimate of drug-likeness (QED) is 0.870. The van der Waals surface area contributed by atoms with Gasteiger partial charge in [-0.25, -0.2) is 14.2 Å². The SMILES string of the molecule is Cc1ccc(-n2c(=O)[nH]c(C(=O)O)c(CN3CCCCC3)c2=O)cc1C. The van der Waals surface area contributed by atoms with Gasteiger partial charge in [0.1, 0.15) is 5.69 Å². The Morgan fingerprint density at radius 2 is 1.81 bits per heavy atom. The van der Waals surface area contributed by atoms with Crippen LogP contribution in [0.1, 0.15) is 46.4 Å². The molecule has 0 amide bonds. The number of benzene rings is 1. The van der Waals surface area contributed by atoms with E-state index in [0.717, 1.165) is 48.0 Å². The maximum Gasteiger partial charge on any atom is 0.352 e. The van der Waals surface area contributed by atoms with Gasteiger partial charge in [-0.15, -0.1) is 0 Å². The summed E-state index contributed by atoms with van der Waals surface area (Å²) >= 11 is 0. The molecule has 0 unspecified atom stereocenters. The van der Waals surface area contributed by atoms with Crippen LogP contribution < -0.4 is 11.2 Å². The van der Waals surface area contributed by atoms with Gasteiger partial charge in [-0.2, -0.15) is 0 Å². The van der Waals surface area contributed by atoms with Crippen LogP contribution in [-0.4, -0.2) is 38.6 Å². The molecule has 2 aromatic rings. The number of nitrogens with zero attached hydrogens (tertiary/aromatic N) is 2. The number of piperidine rings is 1. The first-order chi connectivity index (χ1) is 12.4. The lowest BCUT2D eigenvalue weighted by Gasteiger charge is -2.26. The highest BCUT2D eigenvalue weighted by molar-refractivity contribution is 5.86. The van der Waals surface area contributed by atoms with E-state index in [2.05, 4.69) is 9.88 Å². The van der Waals surface area contributed by atoms with Gasteiger partial charge >= 0.3 is 11.7 Å². The summed E-state index contributed by atoms with van der Waals surface area (Å²) in [6.45, 7) is 5.71. The number of aryl methyl sites for hydroxylation is 2. The van der Waals surface area contributed by atoms with E-state index in [1.54, 1.807) is 12.1 Å². The van der Waals surface area contributed by atoms with Crippen LogP contribution in [0.2, 0.25) is 0 Å². The topological polar surface area (TPSA) is 95.4 Å². The number of likely N-dealkylation sites (tertiary alicyclic amines) is 1. The molecule has 1 aliphatic rings. The Morgan fingerprint density at radius 3 is 2.42 bits per heavy atom. The third kappa shape index (κ3) is 3.48. The number of nitrogens with one attached hydrogen (secondary N) is 1. The molecule has 1 fully saturated rings. The zero-order valence-electron chi connectivity index (χ0n) is 15.0. The van der Waals surface area contributed by atoms with Gasteiger partial charge < -0.3 is 10.1 Å². The largest absolute Gasteiger partial charge is 0.477 e. The summed E-state index contributed by atoms with van der Waals surface area (Å²) in [5.74, 6) is -1.29. The van der Waals surface area contributed by atoms with Crippen molar-refractivity contribution in [3.05, 3.63) is 61.4 Å². The number of H-pyrrole nitrogens is 1. The smallest absolute Gasteiger partial charge is 0.352 e. The first-order valence-electron chi connectivity index (χ1n) is 8.80. The summed E-state index contributed by atoms with van der Waals surface area (Å²) in [5, 5.41) is 9.45. The number of hydrogen-bond acceptors (Lipinski definition) is 4. The van der Waals surface area contributed by atoms with Crippen molar-refractivity contribution >= 4 is 5.97 Å². The Balaban J connectivity index is 2.15. The summed E-state index contributed by atoms with van der Waals surface area (Å²) in [5.41, 5.74) is 0.944. The Hall–Kier alpha value is -2.67. The molecule has 7 nitrogen and oxygen atoms in total. The fourth-order valence-electron chi connectivity index (χ4n) is 3.34. The van der Waals surface area contributed by atoms with Crippen LogP contribution in [0.4, 0.5) is 0 Å². The third-order valence-electron chi connectivity index (χ3n) is 4.99. The molecular weight excluding hydrogens is 334 g/mol. The molecule has 0 radical (unpaired) electrons. The number of carbonyl (C=O) groups is 1. The highest BCUT2D eigenvalue weighted by Crippen LogP contribution is 2.14. The zero-order valence-corrected chi connectivity index (χ0v) is 15.0. The van der Waals surface area contributed by atoms with Gasteiger partial charge in [-0.3, -0.25) is 9.69 Å². The lowest BCUT2D eigenvalue weighted by molar-refractivity contribution is 0.0686. The van der Waals surface area contributed by atoms with Crippen LogP contribution in [0.3, 0.4) is 0 Å². The number of rotatable bonds is 4. The average molecular weight is 357 g/mol. The minimum Gasteiger partial charge on any atom is -0.477 e. The molecule has 0 spiro atoms. The number of aromatic nitrogens is 2. The van der Waals surface area contributed by atoms with Crippen LogP contribution in [0, 0.1) is 13.8 Å². The van der Waals surface area contributed by atoms with Crippen LogP contribution in [0.25, 0.3) is 5.69 Å². The minimum absolute atomic E-state index is 0.122. The van der Waals surface area contributed by atoms with Crippen LogP contribution in [-0.2, 0) is 6.54 Å². The highest BCUT2D eigenvalue weighted by atomic mass is 16.4. The van der Waals surface area contributed by atoms with Crippen molar-refractivity contribution in [2.24, 2.45) is 0 Å². The molecular formula is C19H23N3O4. The van der Waals surface area contributed by atoms with Crippen molar-refractivity contribution in [3.8, 4) is 5.69 Å². The highest BCUT2D eigenvalue weighted by Gasteiger charge is 2.22. The van der Waals surface area contributed by atoms with Gasteiger partial charge in [-0.1, -0.05) is 12.5 Å². The van der Waals surface area contributed by atoms with E-state index in [9.17, 15) is 19.5 Å². The second-order valence-electron chi connectivity index (χ2n) is 6.83. The van der Waals surface area contributed by atoms with Crippen LogP contribution in [0.5, 0.6) is 0 Å². The molecule has 0 bridgehead atoms. The summed E-state index contributed by atoms with van der Waals surface area (Å²) < 4.78 is 1.03. The molecule has 26 heavy (non-hydrogen) atoms. The molecule has 3 rings (SSSR count). The predicted octanol–water partition coefficient (Wildman–Crippen LogP) is 1.83. The monoisotopic (exact) mass is 357 g/mol. The van der Waals surface area contributed by atoms with E-state index in [-0.39, 0.29) is 17.8 Å². The lowest BCUT2D eigenvalue weighted by atomic mass is 10.1. The van der Waals surface area contributed by atoms with E-state index in [0.29, 0.717) is 5.69 Å². The Labute approximate surface area is 150 Å². The van der Waals surface area contributed by atoms with Crippen molar-refractivity contribution in [2.45, 2.75) is 39.7 Å². The van der Waals surface area contributed by atoms with E-state index in [1.165, 1.54) is 0 Å². The van der Waals surface area contributed by atoms with Gasteiger partial charge in [0.2, 0.25) is 0 Å². The number of carboxylic acid groups (broad SMARTS) is 1. The fourth-order valence-corrected chi connectivity index (χ4v) is 3.34. The van der Waals surface area contributed by atoms with Crippen molar-refractivity contribution in [2.75, 3.05) is 13.1 Å². The molecule has 0 saturated carbocycles. The maximum absolute atomic E-state index is 13.0.